The lowest BCUT2D eigenvalue weighted by molar-refractivity contribution is -0.140. The van der Waals surface area contributed by atoms with Crippen molar-refractivity contribution in [2.24, 2.45) is 0 Å². The maximum atomic E-state index is 14.7. The van der Waals surface area contributed by atoms with E-state index in [2.05, 4.69) is 5.32 Å². The number of carbonyl (C=O) groups excluding carboxylic acids is 2. The second kappa shape index (κ2) is 17.7. The smallest absolute Gasteiger partial charge is 0.265 e. The summed E-state index contributed by atoms with van der Waals surface area (Å²) < 4.78 is 46.3. The number of sulfonamides is 1. The summed E-state index contributed by atoms with van der Waals surface area (Å²) in [6.07, 6.45) is 0.808. The molecule has 10 nitrogen and oxygen atoms in total. The zero-order valence-electron chi connectivity index (χ0n) is 28.0. The van der Waals surface area contributed by atoms with E-state index in [1.165, 1.54) is 62.6 Å². The monoisotopic (exact) mass is 761 g/mol. The summed E-state index contributed by atoms with van der Waals surface area (Å²) in [5.74, 6) is -0.476. The van der Waals surface area contributed by atoms with Gasteiger partial charge in [0.05, 0.1) is 42.0 Å². The molecule has 0 saturated carbocycles. The van der Waals surface area contributed by atoms with Crippen molar-refractivity contribution in [1.82, 2.24) is 10.2 Å². The van der Waals surface area contributed by atoms with Crippen molar-refractivity contribution >= 4 is 62.3 Å². The van der Waals surface area contributed by atoms with Crippen molar-refractivity contribution in [2.75, 3.05) is 38.7 Å². The molecule has 4 aromatic rings. The maximum Gasteiger partial charge on any atom is 0.265 e. The van der Waals surface area contributed by atoms with Crippen molar-refractivity contribution in [2.45, 2.75) is 37.2 Å². The Morgan fingerprint density at radius 2 is 1.46 bits per heavy atom. The number of hydrogen-bond donors (Lipinski definition) is 1. The van der Waals surface area contributed by atoms with E-state index in [4.69, 9.17) is 49.0 Å². The third-order valence-corrected chi connectivity index (χ3v) is 10.5. The lowest BCUT2D eigenvalue weighted by Crippen LogP contribution is -2.53. The van der Waals surface area contributed by atoms with Crippen LogP contribution in [0, 0.1) is 0 Å². The zero-order valence-corrected chi connectivity index (χ0v) is 31.1. The predicted octanol–water partition coefficient (Wildman–Crippen LogP) is 7.03. The Hall–Kier alpha value is -4.16. The van der Waals surface area contributed by atoms with E-state index >= 15 is 0 Å². The van der Waals surface area contributed by atoms with Crippen LogP contribution in [0.4, 0.5) is 5.69 Å². The van der Waals surface area contributed by atoms with Gasteiger partial charge in [0.25, 0.3) is 10.0 Å². The molecule has 1 atom stereocenters. The second-order valence-electron chi connectivity index (χ2n) is 11.1. The van der Waals surface area contributed by atoms with Gasteiger partial charge in [-0.2, -0.15) is 0 Å². The Morgan fingerprint density at radius 1 is 0.780 bits per heavy atom. The third-order valence-electron chi connectivity index (χ3n) is 7.79. The van der Waals surface area contributed by atoms with Crippen LogP contribution >= 0.6 is 34.8 Å². The summed E-state index contributed by atoms with van der Waals surface area (Å²) in [7, 11) is -0.335. The number of halogens is 3. The van der Waals surface area contributed by atoms with Gasteiger partial charge in [0, 0.05) is 30.6 Å². The summed E-state index contributed by atoms with van der Waals surface area (Å²) in [5, 5.41) is 3.68. The van der Waals surface area contributed by atoms with Gasteiger partial charge in [-0.15, -0.1) is 0 Å². The minimum Gasteiger partial charge on any atom is -0.495 e. The third kappa shape index (κ3) is 9.33. The molecule has 2 amide bonds. The van der Waals surface area contributed by atoms with Gasteiger partial charge in [0.1, 0.15) is 18.3 Å². The van der Waals surface area contributed by atoms with Crippen molar-refractivity contribution < 1.29 is 32.2 Å². The van der Waals surface area contributed by atoms with Crippen LogP contribution in [0.2, 0.25) is 15.1 Å². The molecule has 0 aromatic heterocycles. The summed E-state index contributed by atoms with van der Waals surface area (Å²) in [4.78, 5) is 29.8. The first kappa shape index (κ1) is 38.6. The van der Waals surface area contributed by atoms with Gasteiger partial charge in [-0.05, 0) is 60.0 Å². The van der Waals surface area contributed by atoms with Crippen molar-refractivity contribution in [3.8, 4) is 17.2 Å². The highest BCUT2D eigenvalue weighted by molar-refractivity contribution is 7.92. The number of nitrogens with one attached hydrogen (secondary N) is 1. The largest absolute Gasteiger partial charge is 0.495 e. The molecule has 0 unspecified atom stereocenters. The molecular formula is C36H38Cl3N3O7S. The normalized spacial score (nSPS) is 11.7. The number of methoxy groups -OCH3 is 3. The highest BCUT2D eigenvalue weighted by Gasteiger charge is 2.36. The highest BCUT2D eigenvalue weighted by atomic mass is 35.5. The summed E-state index contributed by atoms with van der Waals surface area (Å²) in [6, 6.07) is 21.6. The summed E-state index contributed by atoms with van der Waals surface area (Å²) in [5.41, 5.74) is 1.37. The van der Waals surface area contributed by atoms with Gasteiger partial charge in [-0.3, -0.25) is 13.9 Å². The van der Waals surface area contributed by atoms with Crippen LogP contribution in [-0.4, -0.2) is 65.6 Å². The molecule has 1 N–H and O–H groups in total. The Labute approximate surface area is 307 Å². The number of hydrogen-bond acceptors (Lipinski definition) is 7. The molecule has 4 rings (SSSR count). The van der Waals surface area contributed by atoms with Crippen LogP contribution in [0.1, 0.15) is 24.5 Å². The molecule has 14 heteroatoms. The van der Waals surface area contributed by atoms with Gasteiger partial charge < -0.3 is 24.4 Å². The molecule has 0 spiro atoms. The number of benzene rings is 4. The van der Waals surface area contributed by atoms with E-state index in [0.717, 1.165) is 9.87 Å². The lowest BCUT2D eigenvalue weighted by Gasteiger charge is -2.34. The molecule has 266 valence electrons. The average molecular weight is 763 g/mol. The van der Waals surface area contributed by atoms with Gasteiger partial charge >= 0.3 is 0 Å². The lowest BCUT2D eigenvalue weighted by atomic mass is 10.0. The molecule has 0 fully saturated rings. The first-order valence-corrected chi connectivity index (χ1v) is 18.1. The minimum absolute atomic E-state index is 0.00710. The van der Waals surface area contributed by atoms with E-state index in [-0.39, 0.29) is 45.1 Å². The molecular weight excluding hydrogens is 725 g/mol. The number of ether oxygens (including phenoxy) is 3. The molecule has 0 heterocycles. The summed E-state index contributed by atoms with van der Waals surface area (Å²) >= 11 is 18.9. The van der Waals surface area contributed by atoms with Gasteiger partial charge in [0.2, 0.25) is 11.8 Å². The van der Waals surface area contributed by atoms with E-state index in [0.29, 0.717) is 29.3 Å². The van der Waals surface area contributed by atoms with Crippen molar-refractivity contribution in [1.29, 1.82) is 0 Å². The predicted molar refractivity (Wildman–Crippen MR) is 196 cm³/mol. The molecule has 0 aliphatic heterocycles. The van der Waals surface area contributed by atoms with E-state index in [9.17, 15) is 18.0 Å². The number of carbonyl (C=O) groups is 2. The fraction of sp³-hybridized carbons (Fsp3) is 0.278. The fourth-order valence-electron chi connectivity index (χ4n) is 5.23. The van der Waals surface area contributed by atoms with E-state index in [1.54, 1.807) is 18.2 Å². The van der Waals surface area contributed by atoms with Gasteiger partial charge in [-0.1, -0.05) is 78.1 Å². The number of nitrogens with zero attached hydrogens (tertiary/aromatic N) is 2. The van der Waals surface area contributed by atoms with E-state index in [1.807, 2.05) is 37.3 Å². The minimum atomic E-state index is -4.52. The Kier molecular flexibility index (Phi) is 13.7. The molecule has 50 heavy (non-hydrogen) atoms. The van der Waals surface area contributed by atoms with E-state index < -0.39 is 34.4 Å². The Balaban J connectivity index is 1.89. The molecule has 4 aromatic carbocycles. The molecule has 0 aliphatic carbocycles. The van der Waals surface area contributed by atoms with Gasteiger partial charge in [0.15, 0.2) is 11.5 Å². The van der Waals surface area contributed by atoms with Crippen LogP contribution < -0.4 is 23.8 Å². The molecule has 0 radical (unpaired) electrons. The molecule has 0 bridgehead atoms. The second-order valence-corrected chi connectivity index (χ2v) is 14.2. The van der Waals surface area contributed by atoms with Crippen LogP contribution in [0.15, 0.2) is 89.8 Å². The van der Waals surface area contributed by atoms with Crippen LogP contribution in [0.5, 0.6) is 17.2 Å². The Bertz CT molecular complexity index is 1910. The van der Waals surface area contributed by atoms with Crippen molar-refractivity contribution in [3.63, 3.8) is 0 Å². The maximum absolute atomic E-state index is 14.7. The average Bonchev–Trinajstić information content (AvgIpc) is 3.12. The zero-order chi connectivity index (χ0) is 36.4. The first-order valence-electron chi connectivity index (χ1n) is 15.6. The van der Waals surface area contributed by atoms with Gasteiger partial charge in [-0.25, -0.2) is 8.42 Å². The molecule has 0 aliphatic rings. The van der Waals surface area contributed by atoms with Crippen molar-refractivity contribution in [3.05, 3.63) is 111 Å². The van der Waals surface area contributed by atoms with Crippen LogP contribution in [0.3, 0.4) is 0 Å². The number of anilines is 1. The fourth-order valence-corrected chi connectivity index (χ4v) is 7.15. The van der Waals surface area contributed by atoms with Crippen LogP contribution in [-0.2, 0) is 32.6 Å². The topological polar surface area (TPSA) is 114 Å². The Morgan fingerprint density at radius 3 is 2.10 bits per heavy atom. The number of rotatable bonds is 16. The highest BCUT2D eigenvalue weighted by Crippen LogP contribution is 2.37. The number of amides is 2. The SMILES string of the molecule is CCCNC(=O)[C@@H](Cc1ccccc1)N(Cc1ccc(Cl)c(Cl)c1)C(=O)CN(c1cc(Cl)ccc1OC)S(=O)(=O)c1ccc(OC)c(OC)c1. The van der Waals surface area contributed by atoms with Crippen LogP contribution in [0.25, 0.3) is 0 Å². The molecule has 0 saturated heterocycles. The summed E-state index contributed by atoms with van der Waals surface area (Å²) in [6.45, 7) is 1.46. The quantitative estimate of drug-likeness (QED) is 0.130. The standard InChI is InChI=1S/C36H38Cl3N3O7S/c1-5-17-40-36(44)31(19-24-9-7-6-8-10-24)41(22-25-11-14-28(38)29(39)18-25)35(43)23-42(30-20-26(37)12-15-32(30)47-2)50(45,46)27-13-16-33(48-3)34(21-27)49-4/h6-16,18,20-21,31H,5,17,19,22-23H2,1-4H3,(H,40,44)/t31-/m1/s1. The first-order chi connectivity index (χ1) is 23.9.